The SMILES string of the molecule is COc1cc(-n2nnnc2SCC(=O)Nc2cccc(Cl)c2Cl)c(OC)cc1Cl. The van der Waals surface area contributed by atoms with Crippen molar-refractivity contribution in [2.24, 2.45) is 0 Å². The number of nitrogens with zero attached hydrogens (tertiary/aromatic N) is 4. The molecular weight excluding hydrogens is 461 g/mol. The molecule has 0 atom stereocenters. The summed E-state index contributed by atoms with van der Waals surface area (Å²) in [6.45, 7) is 0. The zero-order valence-corrected chi connectivity index (χ0v) is 18.2. The molecule has 0 aliphatic heterocycles. The largest absolute Gasteiger partial charge is 0.495 e. The van der Waals surface area contributed by atoms with Crippen LogP contribution in [0, 0.1) is 0 Å². The number of methoxy groups -OCH3 is 2. The fourth-order valence-electron chi connectivity index (χ4n) is 2.35. The minimum absolute atomic E-state index is 0.0380. The summed E-state index contributed by atoms with van der Waals surface area (Å²) in [6.07, 6.45) is 0. The minimum atomic E-state index is -0.297. The Morgan fingerprint density at radius 3 is 2.62 bits per heavy atom. The first-order valence-corrected chi connectivity index (χ1v) is 10.1. The normalized spacial score (nSPS) is 10.7. The number of thioether (sulfide) groups is 1. The Bertz CT molecular complexity index is 1050. The van der Waals surface area contributed by atoms with Gasteiger partial charge in [0.15, 0.2) is 0 Å². The van der Waals surface area contributed by atoms with Crippen molar-refractivity contribution in [2.75, 3.05) is 25.3 Å². The molecule has 1 heterocycles. The molecule has 0 aliphatic rings. The molecule has 0 saturated heterocycles. The van der Waals surface area contributed by atoms with Crippen molar-refractivity contribution in [3.63, 3.8) is 0 Å². The van der Waals surface area contributed by atoms with Crippen LogP contribution in [0.1, 0.15) is 0 Å². The molecule has 1 N–H and O–H groups in total. The molecule has 0 aliphatic carbocycles. The van der Waals surface area contributed by atoms with Crippen molar-refractivity contribution >= 4 is 58.2 Å². The van der Waals surface area contributed by atoms with Crippen LogP contribution in [0.3, 0.4) is 0 Å². The third kappa shape index (κ3) is 4.87. The Kier molecular flexibility index (Phi) is 7.07. The van der Waals surface area contributed by atoms with E-state index >= 15 is 0 Å². The first-order valence-electron chi connectivity index (χ1n) is 8.01. The lowest BCUT2D eigenvalue weighted by molar-refractivity contribution is -0.113. The van der Waals surface area contributed by atoms with Gasteiger partial charge in [-0.25, -0.2) is 0 Å². The molecule has 152 valence electrons. The van der Waals surface area contributed by atoms with Crippen molar-refractivity contribution < 1.29 is 14.3 Å². The van der Waals surface area contributed by atoms with Crippen LogP contribution in [-0.4, -0.2) is 46.1 Å². The molecular formula is C17H14Cl3N5O3S. The molecule has 0 bridgehead atoms. The zero-order valence-electron chi connectivity index (χ0n) is 15.1. The summed E-state index contributed by atoms with van der Waals surface area (Å²) >= 11 is 19.3. The van der Waals surface area contributed by atoms with Crippen LogP contribution >= 0.6 is 46.6 Å². The van der Waals surface area contributed by atoms with Crippen LogP contribution in [0.5, 0.6) is 11.5 Å². The average Bonchev–Trinajstić information content (AvgIpc) is 3.18. The fraction of sp³-hybridized carbons (Fsp3) is 0.176. The number of hydrogen-bond acceptors (Lipinski definition) is 7. The van der Waals surface area contributed by atoms with E-state index < -0.39 is 0 Å². The van der Waals surface area contributed by atoms with Gasteiger partial charge in [-0.2, -0.15) is 4.68 Å². The molecule has 0 unspecified atom stereocenters. The summed E-state index contributed by atoms with van der Waals surface area (Å²) in [7, 11) is 3.00. The van der Waals surface area contributed by atoms with Crippen molar-refractivity contribution in [3.8, 4) is 17.2 Å². The molecule has 0 spiro atoms. The standard InChI is InChI=1S/C17H14Cl3N5O3S/c1-27-13-7-12(14(28-2)6-10(13)19)25-17(22-23-24-25)29-8-15(26)21-11-5-3-4-9(18)16(11)20/h3-7H,8H2,1-2H3,(H,21,26). The van der Waals surface area contributed by atoms with E-state index in [1.807, 2.05) is 0 Å². The van der Waals surface area contributed by atoms with Gasteiger partial charge in [-0.15, -0.1) is 5.10 Å². The maximum atomic E-state index is 12.3. The molecule has 0 fully saturated rings. The molecule has 3 rings (SSSR count). The Balaban J connectivity index is 1.78. The van der Waals surface area contributed by atoms with E-state index in [0.717, 1.165) is 11.8 Å². The van der Waals surface area contributed by atoms with Gasteiger partial charge in [0.25, 0.3) is 0 Å². The third-order valence-corrected chi connectivity index (χ3v) is 5.71. The molecule has 0 saturated carbocycles. The summed E-state index contributed by atoms with van der Waals surface area (Å²) < 4.78 is 12.0. The predicted molar refractivity (Wildman–Crippen MR) is 113 cm³/mol. The number of nitrogens with one attached hydrogen (secondary N) is 1. The number of benzene rings is 2. The monoisotopic (exact) mass is 473 g/mol. The predicted octanol–water partition coefficient (Wildman–Crippen LogP) is 4.37. The van der Waals surface area contributed by atoms with Crippen molar-refractivity contribution in [1.29, 1.82) is 0 Å². The fourth-order valence-corrected chi connectivity index (χ4v) is 3.61. The van der Waals surface area contributed by atoms with Gasteiger partial charge in [0.05, 0.1) is 40.7 Å². The summed E-state index contributed by atoms with van der Waals surface area (Å²) in [5.74, 6) is 0.618. The number of tetrazole rings is 1. The molecule has 1 amide bonds. The number of aromatic nitrogens is 4. The maximum Gasteiger partial charge on any atom is 0.234 e. The topological polar surface area (TPSA) is 91.2 Å². The second-order valence-corrected chi connectivity index (χ2v) is 7.60. The van der Waals surface area contributed by atoms with Gasteiger partial charge in [0.2, 0.25) is 11.1 Å². The van der Waals surface area contributed by atoms with Gasteiger partial charge in [-0.05, 0) is 22.6 Å². The van der Waals surface area contributed by atoms with Gasteiger partial charge in [0.1, 0.15) is 17.2 Å². The molecule has 3 aromatic rings. The number of hydrogen-bond donors (Lipinski definition) is 1. The van der Waals surface area contributed by atoms with Crippen molar-refractivity contribution in [1.82, 2.24) is 20.2 Å². The van der Waals surface area contributed by atoms with Gasteiger partial charge < -0.3 is 14.8 Å². The Morgan fingerprint density at radius 1 is 1.14 bits per heavy atom. The molecule has 0 radical (unpaired) electrons. The molecule has 2 aromatic carbocycles. The maximum absolute atomic E-state index is 12.3. The lowest BCUT2D eigenvalue weighted by Crippen LogP contribution is -2.15. The lowest BCUT2D eigenvalue weighted by Gasteiger charge is -2.12. The summed E-state index contributed by atoms with van der Waals surface area (Å²) in [5.41, 5.74) is 0.938. The third-order valence-electron chi connectivity index (χ3n) is 3.68. The summed E-state index contributed by atoms with van der Waals surface area (Å²) in [6, 6.07) is 8.23. The van der Waals surface area contributed by atoms with Gasteiger partial charge in [-0.1, -0.05) is 52.6 Å². The average molecular weight is 475 g/mol. The zero-order chi connectivity index (χ0) is 21.0. The van der Waals surface area contributed by atoms with Crippen LogP contribution in [-0.2, 0) is 4.79 Å². The first kappa shape index (κ1) is 21.5. The summed E-state index contributed by atoms with van der Waals surface area (Å²) in [4.78, 5) is 12.3. The highest BCUT2D eigenvalue weighted by molar-refractivity contribution is 7.99. The Morgan fingerprint density at radius 2 is 1.90 bits per heavy atom. The Hall–Kier alpha value is -2.20. The van der Waals surface area contributed by atoms with Crippen molar-refractivity contribution in [3.05, 3.63) is 45.4 Å². The number of amides is 1. The van der Waals surface area contributed by atoms with Crippen LogP contribution < -0.4 is 14.8 Å². The highest BCUT2D eigenvalue weighted by Crippen LogP contribution is 2.35. The molecule has 1 aromatic heterocycles. The van der Waals surface area contributed by atoms with Crippen LogP contribution in [0.25, 0.3) is 5.69 Å². The van der Waals surface area contributed by atoms with Crippen molar-refractivity contribution in [2.45, 2.75) is 5.16 Å². The van der Waals surface area contributed by atoms with E-state index in [9.17, 15) is 4.79 Å². The van der Waals surface area contributed by atoms with Gasteiger partial charge in [-0.3, -0.25) is 4.79 Å². The molecule has 29 heavy (non-hydrogen) atoms. The van der Waals surface area contributed by atoms with Crippen LogP contribution in [0.15, 0.2) is 35.5 Å². The van der Waals surface area contributed by atoms with Gasteiger partial charge in [0, 0.05) is 12.1 Å². The summed E-state index contributed by atoms with van der Waals surface area (Å²) in [5, 5.41) is 15.7. The van der Waals surface area contributed by atoms with E-state index in [1.54, 1.807) is 30.3 Å². The number of carbonyl (C=O) groups is 1. The number of carbonyl (C=O) groups excluding carboxylic acids is 1. The minimum Gasteiger partial charge on any atom is -0.495 e. The Labute approximate surface area is 185 Å². The quantitative estimate of drug-likeness (QED) is 0.508. The van der Waals surface area contributed by atoms with E-state index in [1.165, 1.54) is 18.9 Å². The van der Waals surface area contributed by atoms with Crippen LogP contribution in [0.2, 0.25) is 15.1 Å². The second kappa shape index (κ2) is 9.53. The second-order valence-electron chi connectivity index (χ2n) is 5.47. The smallest absolute Gasteiger partial charge is 0.234 e. The number of halogens is 3. The van der Waals surface area contributed by atoms with Crippen LogP contribution in [0.4, 0.5) is 5.69 Å². The van der Waals surface area contributed by atoms with E-state index in [-0.39, 0.29) is 16.7 Å². The van der Waals surface area contributed by atoms with E-state index in [2.05, 4.69) is 20.8 Å². The highest BCUT2D eigenvalue weighted by Gasteiger charge is 2.18. The number of anilines is 1. The number of ether oxygens (including phenoxy) is 2. The highest BCUT2D eigenvalue weighted by atomic mass is 35.5. The van der Waals surface area contributed by atoms with Gasteiger partial charge >= 0.3 is 0 Å². The number of rotatable bonds is 7. The van der Waals surface area contributed by atoms with E-state index in [0.29, 0.717) is 38.1 Å². The van der Waals surface area contributed by atoms with E-state index in [4.69, 9.17) is 44.3 Å². The molecule has 8 nitrogen and oxygen atoms in total. The lowest BCUT2D eigenvalue weighted by atomic mass is 10.2. The molecule has 12 heteroatoms. The first-order chi connectivity index (χ1) is 13.9.